The number of hydrogen-bond acceptors (Lipinski definition) is 2. The van der Waals surface area contributed by atoms with Gasteiger partial charge in [-0.05, 0) is 45.4 Å². The fourth-order valence-corrected chi connectivity index (χ4v) is 3.28. The van der Waals surface area contributed by atoms with Crippen LogP contribution in [0.3, 0.4) is 0 Å². The van der Waals surface area contributed by atoms with Gasteiger partial charge >= 0.3 is 0 Å². The van der Waals surface area contributed by atoms with E-state index >= 15 is 0 Å². The first-order valence-electron chi connectivity index (χ1n) is 5.98. The Morgan fingerprint density at radius 3 is 2.00 bits per heavy atom. The molecule has 0 radical (unpaired) electrons. The van der Waals surface area contributed by atoms with Gasteiger partial charge in [0.25, 0.3) is 0 Å². The Labute approximate surface area is 92.5 Å². The van der Waals surface area contributed by atoms with Crippen molar-refractivity contribution < 1.29 is 0 Å². The molecule has 0 spiro atoms. The quantitative estimate of drug-likeness (QED) is 0.510. The Bertz CT molecular complexity index is 253. The van der Waals surface area contributed by atoms with Gasteiger partial charge in [-0.3, -0.25) is 10.3 Å². The Hall–Kier alpha value is -0.570. The molecular formula is C12H23N3. The van der Waals surface area contributed by atoms with E-state index in [1.807, 2.05) is 0 Å². The zero-order chi connectivity index (χ0) is 11.2. The van der Waals surface area contributed by atoms with Crippen LogP contribution >= 0.6 is 0 Å². The summed E-state index contributed by atoms with van der Waals surface area (Å²) in [5.74, 6) is 2.08. The van der Waals surface area contributed by atoms with Gasteiger partial charge in [0, 0.05) is 24.5 Å². The Morgan fingerprint density at radius 2 is 1.67 bits per heavy atom. The van der Waals surface area contributed by atoms with Crippen molar-refractivity contribution in [2.45, 2.75) is 39.2 Å². The summed E-state index contributed by atoms with van der Waals surface area (Å²) in [4.78, 5) is 2.56. The number of piperidine rings is 1. The topological polar surface area (TPSA) is 53.1 Å². The lowest BCUT2D eigenvalue weighted by molar-refractivity contribution is 0.0571. The molecule has 0 amide bonds. The van der Waals surface area contributed by atoms with Gasteiger partial charge in [-0.15, -0.1) is 0 Å². The molecule has 3 N–H and O–H groups in total. The summed E-state index contributed by atoms with van der Waals surface area (Å²) in [6.45, 7) is 9.09. The summed E-state index contributed by atoms with van der Waals surface area (Å²) in [6.07, 6.45) is 2.53. The van der Waals surface area contributed by atoms with E-state index < -0.39 is 0 Å². The summed E-state index contributed by atoms with van der Waals surface area (Å²) >= 11 is 0. The highest BCUT2D eigenvalue weighted by Gasteiger charge is 2.45. The first kappa shape index (κ1) is 10.9. The monoisotopic (exact) mass is 209 g/mol. The minimum absolute atomic E-state index is 0.266. The third-order valence-electron chi connectivity index (χ3n) is 4.14. The molecule has 1 aliphatic carbocycles. The van der Waals surface area contributed by atoms with E-state index in [-0.39, 0.29) is 5.54 Å². The van der Waals surface area contributed by atoms with Crippen molar-refractivity contribution in [3.8, 4) is 0 Å². The van der Waals surface area contributed by atoms with Crippen LogP contribution in [0.2, 0.25) is 0 Å². The zero-order valence-corrected chi connectivity index (χ0v) is 10.1. The van der Waals surface area contributed by atoms with Gasteiger partial charge in [-0.2, -0.15) is 0 Å². The predicted molar refractivity (Wildman–Crippen MR) is 62.9 cm³/mol. The fourth-order valence-electron chi connectivity index (χ4n) is 3.28. The van der Waals surface area contributed by atoms with Gasteiger partial charge in [0.1, 0.15) is 0 Å². The maximum absolute atomic E-state index is 7.67. The number of nitrogens with one attached hydrogen (secondary N) is 1. The van der Waals surface area contributed by atoms with Crippen molar-refractivity contribution >= 4 is 5.84 Å². The maximum Gasteiger partial charge on any atom is 0.0943 e. The standard InChI is InChI=1S/C12H23N3/c1-12(2,3)15-6-8-4-5-9(7-15)10(8)11(13)14/h8-10H,4-7H2,1-3H3,(H3,13,14). The highest BCUT2D eigenvalue weighted by molar-refractivity contribution is 5.80. The van der Waals surface area contributed by atoms with Crippen molar-refractivity contribution in [2.75, 3.05) is 13.1 Å². The molecule has 1 saturated carbocycles. The highest BCUT2D eigenvalue weighted by atomic mass is 15.2. The van der Waals surface area contributed by atoms with E-state index in [1.54, 1.807) is 0 Å². The van der Waals surface area contributed by atoms with Crippen LogP contribution in [0, 0.1) is 23.2 Å². The minimum Gasteiger partial charge on any atom is -0.387 e. The summed E-state index contributed by atoms with van der Waals surface area (Å²) in [5.41, 5.74) is 5.97. The maximum atomic E-state index is 7.67. The van der Waals surface area contributed by atoms with Gasteiger partial charge in [0.15, 0.2) is 0 Å². The van der Waals surface area contributed by atoms with E-state index in [1.165, 1.54) is 12.8 Å². The minimum atomic E-state index is 0.266. The molecule has 0 aromatic rings. The summed E-state index contributed by atoms with van der Waals surface area (Å²) in [5, 5.41) is 7.67. The molecule has 2 aliphatic rings. The van der Waals surface area contributed by atoms with E-state index in [0.717, 1.165) is 13.1 Å². The lowest BCUT2D eigenvalue weighted by Gasteiger charge is -2.44. The molecule has 86 valence electrons. The molecule has 3 heteroatoms. The Morgan fingerprint density at radius 1 is 1.20 bits per heavy atom. The van der Waals surface area contributed by atoms with Crippen molar-refractivity contribution in [1.82, 2.24) is 4.90 Å². The molecule has 2 unspecified atom stereocenters. The van der Waals surface area contributed by atoms with Crippen LogP contribution in [-0.2, 0) is 0 Å². The van der Waals surface area contributed by atoms with E-state index in [0.29, 0.717) is 23.6 Å². The average Bonchev–Trinajstić information content (AvgIpc) is 2.35. The van der Waals surface area contributed by atoms with Crippen LogP contribution in [0.4, 0.5) is 0 Å². The zero-order valence-electron chi connectivity index (χ0n) is 10.1. The molecule has 15 heavy (non-hydrogen) atoms. The second-order valence-electron chi connectivity index (χ2n) is 6.15. The number of rotatable bonds is 1. The predicted octanol–water partition coefficient (Wildman–Crippen LogP) is 1.68. The average molecular weight is 209 g/mol. The number of fused-ring (bicyclic) bond motifs is 2. The summed E-state index contributed by atoms with van der Waals surface area (Å²) < 4.78 is 0. The van der Waals surface area contributed by atoms with Crippen LogP contribution in [0.1, 0.15) is 33.6 Å². The lowest BCUT2D eigenvalue weighted by Crippen LogP contribution is -2.53. The van der Waals surface area contributed by atoms with Crippen LogP contribution in [-0.4, -0.2) is 29.4 Å². The second kappa shape index (κ2) is 3.48. The Balaban J connectivity index is 2.11. The van der Waals surface area contributed by atoms with Crippen LogP contribution in [0.5, 0.6) is 0 Å². The van der Waals surface area contributed by atoms with Gasteiger partial charge in [0.2, 0.25) is 0 Å². The smallest absolute Gasteiger partial charge is 0.0943 e. The SMILES string of the molecule is CC(C)(C)N1CC2CCC(C1)C2C(=N)N. The molecule has 1 aliphatic heterocycles. The van der Waals surface area contributed by atoms with Gasteiger partial charge < -0.3 is 5.73 Å². The van der Waals surface area contributed by atoms with Gasteiger partial charge in [-0.25, -0.2) is 0 Å². The highest BCUT2D eigenvalue weighted by Crippen LogP contribution is 2.43. The van der Waals surface area contributed by atoms with E-state index in [2.05, 4.69) is 25.7 Å². The van der Waals surface area contributed by atoms with Crippen LogP contribution in [0.25, 0.3) is 0 Å². The molecule has 0 aromatic heterocycles. The van der Waals surface area contributed by atoms with Crippen molar-refractivity contribution in [3.63, 3.8) is 0 Å². The fraction of sp³-hybridized carbons (Fsp3) is 0.917. The second-order valence-corrected chi connectivity index (χ2v) is 6.15. The summed E-state index contributed by atoms with van der Waals surface area (Å²) in [6, 6.07) is 0. The molecule has 2 rings (SSSR count). The number of hydrogen-bond donors (Lipinski definition) is 2. The third kappa shape index (κ3) is 1.89. The largest absolute Gasteiger partial charge is 0.387 e. The number of amidine groups is 1. The van der Waals surface area contributed by atoms with E-state index in [9.17, 15) is 0 Å². The van der Waals surface area contributed by atoms with E-state index in [4.69, 9.17) is 11.1 Å². The Kier molecular flexibility index (Phi) is 2.53. The van der Waals surface area contributed by atoms with Crippen LogP contribution < -0.4 is 5.73 Å². The molecule has 1 heterocycles. The van der Waals surface area contributed by atoms with Crippen molar-refractivity contribution in [1.29, 1.82) is 5.41 Å². The van der Waals surface area contributed by atoms with Crippen molar-refractivity contribution in [3.05, 3.63) is 0 Å². The van der Waals surface area contributed by atoms with Crippen molar-refractivity contribution in [2.24, 2.45) is 23.5 Å². The summed E-state index contributed by atoms with van der Waals surface area (Å²) in [7, 11) is 0. The first-order valence-corrected chi connectivity index (χ1v) is 5.98. The molecule has 1 saturated heterocycles. The third-order valence-corrected chi connectivity index (χ3v) is 4.14. The number of likely N-dealkylation sites (tertiary alicyclic amines) is 1. The molecular weight excluding hydrogens is 186 g/mol. The molecule has 0 aromatic carbocycles. The lowest BCUT2D eigenvalue weighted by atomic mass is 9.82. The number of nitrogens with two attached hydrogens (primary N) is 1. The molecule has 3 nitrogen and oxygen atoms in total. The molecule has 2 bridgehead atoms. The van der Waals surface area contributed by atoms with Crippen LogP contribution in [0.15, 0.2) is 0 Å². The molecule has 2 fully saturated rings. The first-order chi connectivity index (χ1) is 6.89. The number of nitrogens with zero attached hydrogens (tertiary/aromatic N) is 1. The normalized spacial score (nSPS) is 36.9. The van der Waals surface area contributed by atoms with Gasteiger partial charge in [0.05, 0.1) is 5.84 Å². The van der Waals surface area contributed by atoms with Gasteiger partial charge in [-0.1, -0.05) is 0 Å². The molecule has 2 atom stereocenters.